The zero-order valence-electron chi connectivity index (χ0n) is 43.9. The molecule has 5 saturated carbocycles. The molecule has 0 aromatic heterocycles. The van der Waals surface area contributed by atoms with Gasteiger partial charge in [0, 0.05) is 29.5 Å². The van der Waals surface area contributed by atoms with Crippen LogP contribution < -0.4 is 24.2 Å². The van der Waals surface area contributed by atoms with E-state index in [-0.39, 0.29) is 72.8 Å². The summed E-state index contributed by atoms with van der Waals surface area (Å²) in [5.74, 6) is -1.66. The van der Waals surface area contributed by atoms with Gasteiger partial charge in [-0.15, -0.1) is 0 Å². The van der Waals surface area contributed by atoms with Gasteiger partial charge in [0.15, 0.2) is 0 Å². The second kappa shape index (κ2) is 21.9. The molecule has 3 N–H and O–H groups in total. The predicted octanol–water partition coefficient (Wildman–Crippen LogP) is 11.2. The van der Waals surface area contributed by atoms with Crippen LogP contribution in [0.5, 0.6) is 11.5 Å². The zero-order valence-corrected chi connectivity index (χ0v) is 45.6. The number of hydrogen-bond donors (Lipinski definition) is 3. The summed E-state index contributed by atoms with van der Waals surface area (Å²) in [6.07, 6.45) is 12.8. The molecule has 0 bridgehead atoms. The smallest absolute Gasteiger partial charge is 0.243 e. The van der Waals surface area contributed by atoms with E-state index in [0.29, 0.717) is 82.5 Å². The molecule has 75 heavy (non-hydrogen) atoms. The second-order valence-corrected chi connectivity index (χ2v) is 27.2. The van der Waals surface area contributed by atoms with Crippen molar-refractivity contribution >= 4 is 37.8 Å². The molecule has 5 aliphatic carbocycles. The van der Waals surface area contributed by atoms with Gasteiger partial charge < -0.3 is 14.8 Å². The monoisotopic (exact) mass is 1070 g/mol. The normalized spacial score (nSPS) is 23.9. The van der Waals surface area contributed by atoms with Crippen molar-refractivity contribution in [3.05, 3.63) is 107 Å². The molecular formula is C59H73F2N3O9S2. The van der Waals surface area contributed by atoms with E-state index in [1.807, 2.05) is 31.2 Å². The third-order valence-electron chi connectivity index (χ3n) is 17.1. The Morgan fingerprint density at radius 3 is 1.85 bits per heavy atom. The van der Waals surface area contributed by atoms with Gasteiger partial charge in [0.25, 0.3) is 0 Å². The fraction of sp³-hybridized carbons (Fsp3) is 0.542. The van der Waals surface area contributed by atoms with Crippen LogP contribution in [0.4, 0.5) is 8.78 Å². The van der Waals surface area contributed by atoms with E-state index in [1.165, 1.54) is 12.1 Å². The molecule has 0 heterocycles. The van der Waals surface area contributed by atoms with E-state index in [9.17, 15) is 31.2 Å². The summed E-state index contributed by atoms with van der Waals surface area (Å²) >= 11 is 0. The quantitative estimate of drug-likeness (QED) is 0.0870. The van der Waals surface area contributed by atoms with Crippen molar-refractivity contribution in [3.63, 3.8) is 0 Å². The van der Waals surface area contributed by atoms with Crippen LogP contribution in [0.25, 0.3) is 22.3 Å². The van der Waals surface area contributed by atoms with E-state index in [2.05, 4.69) is 14.8 Å². The van der Waals surface area contributed by atoms with Crippen LogP contribution in [0.3, 0.4) is 0 Å². The fourth-order valence-electron chi connectivity index (χ4n) is 12.1. The topological polar surface area (TPSA) is 174 Å². The maximum atomic E-state index is 15.7. The minimum Gasteiger partial charge on any atom is -0.490 e. The average Bonchev–Trinajstić information content (AvgIpc) is 3.96. The minimum absolute atomic E-state index is 0.0160. The molecule has 4 aromatic carbocycles. The molecule has 0 radical (unpaired) electrons. The molecular weight excluding hydrogens is 997 g/mol. The molecule has 0 saturated heterocycles. The van der Waals surface area contributed by atoms with Crippen molar-refractivity contribution in [1.29, 1.82) is 0 Å². The fourth-order valence-corrected chi connectivity index (χ4v) is 14.1. The highest BCUT2D eigenvalue weighted by Crippen LogP contribution is 2.48. The standard InChI is InChI=1S/C59H73F2N3O9S2/c1-36-28-29-59(4,75(70,71)63-53(65)32-37-22-26-51(72-43-16-6-7-17-43)47(31-37)45-18-10-20-49(60)54(45)38-12-8-13-38)35-40(30-36)56(66)62-42-24-25-44(34-42)73-52-27-23-41(58(2,3)57(67)64-74(5,68)69)33-48(52)46-19-11-21-50(61)55(46)39-14-9-15-39/h10-11,18-23,26-27,31,33,36,38-40,42-44H,6-9,12-17,24-25,28-30,32,34-35H2,1-5H3,(H,62,66)(H,63,65)(H,64,67)/t36?,40-,42+,44+,59?/m0/s1. The molecule has 2 unspecified atom stereocenters. The molecule has 3 amide bonds. The Bertz CT molecular complexity index is 3040. The first-order chi connectivity index (χ1) is 35.6. The van der Waals surface area contributed by atoms with Gasteiger partial charge >= 0.3 is 0 Å². The predicted molar refractivity (Wildman–Crippen MR) is 286 cm³/mol. The summed E-state index contributed by atoms with van der Waals surface area (Å²) in [4.78, 5) is 41.4. The highest BCUT2D eigenvalue weighted by Gasteiger charge is 2.46. The number of rotatable bonds is 17. The van der Waals surface area contributed by atoms with Gasteiger partial charge in [-0.25, -0.2) is 25.6 Å². The highest BCUT2D eigenvalue weighted by molar-refractivity contribution is 7.91. The van der Waals surface area contributed by atoms with Crippen molar-refractivity contribution < 1.29 is 49.5 Å². The summed E-state index contributed by atoms with van der Waals surface area (Å²) < 4.78 is 101. The van der Waals surface area contributed by atoms with Crippen LogP contribution in [-0.2, 0) is 46.3 Å². The largest absolute Gasteiger partial charge is 0.490 e. The van der Waals surface area contributed by atoms with Crippen molar-refractivity contribution in [1.82, 2.24) is 14.8 Å². The molecule has 404 valence electrons. The first kappa shape index (κ1) is 54.4. The van der Waals surface area contributed by atoms with Gasteiger partial charge in [-0.1, -0.05) is 56.2 Å². The lowest BCUT2D eigenvalue weighted by atomic mass is 9.76. The number of amides is 3. The average molecular weight is 1070 g/mol. The summed E-state index contributed by atoms with van der Waals surface area (Å²) in [6, 6.07) is 20.4. The first-order valence-corrected chi connectivity index (χ1v) is 30.5. The lowest BCUT2D eigenvalue weighted by Gasteiger charge is -2.31. The number of halogens is 2. The maximum Gasteiger partial charge on any atom is 0.243 e. The Labute approximate surface area is 442 Å². The summed E-state index contributed by atoms with van der Waals surface area (Å²) in [5, 5.41) is 3.22. The zero-order chi connectivity index (χ0) is 53.5. The third kappa shape index (κ3) is 12.1. The van der Waals surface area contributed by atoms with Gasteiger partial charge in [-0.3, -0.25) is 23.8 Å². The van der Waals surface area contributed by atoms with Crippen LogP contribution in [-0.4, -0.2) is 63.8 Å². The van der Waals surface area contributed by atoms with Gasteiger partial charge in [0.05, 0.1) is 28.9 Å². The Morgan fingerprint density at radius 2 is 1.27 bits per heavy atom. The second-order valence-electron chi connectivity index (χ2n) is 23.2. The third-order valence-corrected chi connectivity index (χ3v) is 19.8. The molecule has 16 heteroatoms. The molecule has 5 aliphatic rings. The van der Waals surface area contributed by atoms with E-state index in [4.69, 9.17) is 9.47 Å². The van der Waals surface area contributed by atoms with E-state index < -0.39 is 47.9 Å². The van der Waals surface area contributed by atoms with E-state index in [1.54, 1.807) is 57.2 Å². The van der Waals surface area contributed by atoms with E-state index >= 15 is 8.78 Å². The Kier molecular flexibility index (Phi) is 15.9. The number of hydrogen-bond acceptors (Lipinski definition) is 9. The van der Waals surface area contributed by atoms with Crippen LogP contribution in [0.15, 0.2) is 72.8 Å². The van der Waals surface area contributed by atoms with Gasteiger partial charge in [-0.2, -0.15) is 0 Å². The molecule has 5 fully saturated rings. The summed E-state index contributed by atoms with van der Waals surface area (Å²) in [5.41, 5.74) is 3.67. The number of ether oxygens (including phenoxy) is 2. The van der Waals surface area contributed by atoms with Crippen LogP contribution in [0.1, 0.15) is 171 Å². The molecule has 5 atom stereocenters. The van der Waals surface area contributed by atoms with Crippen LogP contribution >= 0.6 is 0 Å². The van der Waals surface area contributed by atoms with Gasteiger partial charge in [-0.05, 0) is 198 Å². The molecule has 0 spiro atoms. The van der Waals surface area contributed by atoms with Gasteiger partial charge in [0.2, 0.25) is 37.8 Å². The molecule has 4 aromatic rings. The van der Waals surface area contributed by atoms with Crippen LogP contribution in [0.2, 0.25) is 0 Å². The number of carbonyl (C=O) groups is 3. The minimum atomic E-state index is -4.30. The highest BCUT2D eigenvalue weighted by atomic mass is 32.2. The molecule has 9 rings (SSSR count). The SMILES string of the molecule is CC1CCC(C)(S(=O)(=O)NC(=O)Cc2ccc(OC3CCCC3)c(-c3cccc(F)c3C3CCC3)c2)C[C@@H](C(=O)N[C@@H]2CC[C@@H](Oc3ccc(C(C)(C)C(=O)NS(C)(=O)=O)cc3-c3cccc(F)c3C3CCC3)C2)C1. The first-order valence-electron chi connectivity index (χ1n) is 27.1. The number of benzene rings is 4. The summed E-state index contributed by atoms with van der Waals surface area (Å²) in [7, 11) is -8.14. The number of carbonyl (C=O) groups excluding carboxylic acids is 3. The Morgan fingerprint density at radius 1 is 0.680 bits per heavy atom. The lowest BCUT2D eigenvalue weighted by Crippen LogP contribution is -2.49. The molecule has 0 aliphatic heterocycles. The maximum absolute atomic E-state index is 15.7. The van der Waals surface area contributed by atoms with Gasteiger partial charge in [0.1, 0.15) is 29.2 Å². The lowest BCUT2D eigenvalue weighted by molar-refractivity contribution is -0.126. The Balaban J connectivity index is 0.881. The van der Waals surface area contributed by atoms with Crippen molar-refractivity contribution in [3.8, 4) is 33.8 Å². The molecule has 12 nitrogen and oxygen atoms in total. The summed E-state index contributed by atoms with van der Waals surface area (Å²) in [6.45, 7) is 6.89. The van der Waals surface area contributed by atoms with Crippen molar-refractivity contribution in [2.45, 2.75) is 184 Å². The number of sulfonamides is 2. The van der Waals surface area contributed by atoms with Crippen molar-refractivity contribution in [2.75, 3.05) is 6.26 Å². The Hall–Kier alpha value is -5.35. The number of nitrogens with one attached hydrogen (secondary N) is 3. The van der Waals surface area contributed by atoms with Crippen LogP contribution in [0, 0.1) is 23.5 Å². The van der Waals surface area contributed by atoms with Crippen molar-refractivity contribution in [2.24, 2.45) is 11.8 Å². The van der Waals surface area contributed by atoms with E-state index in [0.717, 1.165) is 76.0 Å².